The standard InChI is InChI=1S/C27H26N2O5S/c1-17(2)34-21-11-9-20(10-12-21)22(30)15-29-16-28-25-23(26(29)31)18(3)24(35-25)27(32)33-14-13-19-7-5-4-6-8-19/h4-12,16-17H,13-15H2,1-3H3. The zero-order valence-corrected chi connectivity index (χ0v) is 20.6. The fourth-order valence-electron chi connectivity index (χ4n) is 3.68. The molecule has 2 heterocycles. The minimum absolute atomic E-state index is 0.0350. The van der Waals surface area contributed by atoms with E-state index in [4.69, 9.17) is 9.47 Å². The molecule has 0 aliphatic rings. The highest BCUT2D eigenvalue weighted by atomic mass is 32.1. The quantitative estimate of drug-likeness (QED) is 0.247. The second-order valence-corrected chi connectivity index (χ2v) is 9.40. The van der Waals surface area contributed by atoms with Gasteiger partial charge in [0.15, 0.2) is 5.78 Å². The Bertz CT molecular complexity index is 1410. The number of hydrogen-bond donors (Lipinski definition) is 0. The van der Waals surface area contributed by atoms with Crippen LogP contribution in [0.25, 0.3) is 10.2 Å². The predicted octanol–water partition coefficient (Wildman–Crippen LogP) is 4.84. The van der Waals surface area contributed by atoms with Crippen molar-refractivity contribution in [3.05, 3.63) is 92.8 Å². The van der Waals surface area contributed by atoms with Crippen molar-refractivity contribution in [2.45, 2.75) is 39.8 Å². The molecule has 2 aromatic carbocycles. The van der Waals surface area contributed by atoms with E-state index < -0.39 is 5.97 Å². The fraction of sp³-hybridized carbons (Fsp3) is 0.259. The zero-order chi connectivity index (χ0) is 24.9. The second-order valence-electron chi connectivity index (χ2n) is 8.40. The molecule has 0 fully saturated rings. The maximum absolute atomic E-state index is 13.1. The molecular formula is C27H26N2O5S. The van der Waals surface area contributed by atoms with Crippen LogP contribution < -0.4 is 10.3 Å². The fourth-order valence-corrected chi connectivity index (χ4v) is 4.71. The Morgan fingerprint density at radius 3 is 2.46 bits per heavy atom. The lowest BCUT2D eigenvalue weighted by atomic mass is 10.1. The third kappa shape index (κ3) is 5.66. The van der Waals surface area contributed by atoms with Crippen LogP contribution >= 0.6 is 11.3 Å². The number of hydrogen-bond acceptors (Lipinski definition) is 7. The molecule has 35 heavy (non-hydrogen) atoms. The van der Waals surface area contributed by atoms with Crippen LogP contribution in [0.5, 0.6) is 5.75 Å². The van der Waals surface area contributed by atoms with Gasteiger partial charge < -0.3 is 9.47 Å². The van der Waals surface area contributed by atoms with Crippen LogP contribution in [0.4, 0.5) is 0 Å². The van der Waals surface area contributed by atoms with E-state index in [1.807, 2.05) is 44.2 Å². The summed E-state index contributed by atoms with van der Waals surface area (Å²) in [6.45, 7) is 5.64. The maximum Gasteiger partial charge on any atom is 0.348 e. The van der Waals surface area contributed by atoms with Gasteiger partial charge in [0, 0.05) is 12.0 Å². The smallest absolute Gasteiger partial charge is 0.348 e. The van der Waals surface area contributed by atoms with E-state index in [2.05, 4.69) is 4.98 Å². The number of carbonyl (C=O) groups is 2. The molecule has 0 aliphatic carbocycles. The van der Waals surface area contributed by atoms with Gasteiger partial charge >= 0.3 is 5.97 Å². The van der Waals surface area contributed by atoms with E-state index in [9.17, 15) is 14.4 Å². The molecule has 7 nitrogen and oxygen atoms in total. The summed E-state index contributed by atoms with van der Waals surface area (Å²) < 4.78 is 12.3. The number of nitrogens with zero attached hydrogens (tertiary/aromatic N) is 2. The minimum atomic E-state index is -0.479. The van der Waals surface area contributed by atoms with Gasteiger partial charge in [-0.25, -0.2) is 9.78 Å². The van der Waals surface area contributed by atoms with Gasteiger partial charge in [0.25, 0.3) is 5.56 Å². The molecule has 4 rings (SSSR count). The summed E-state index contributed by atoms with van der Waals surface area (Å²) in [5.74, 6) is -0.0289. The highest BCUT2D eigenvalue weighted by molar-refractivity contribution is 7.20. The van der Waals surface area contributed by atoms with Crippen LogP contribution in [0.2, 0.25) is 0 Å². The molecule has 0 saturated heterocycles. The van der Waals surface area contributed by atoms with E-state index in [0.717, 1.165) is 16.9 Å². The first kappa shape index (κ1) is 24.3. The molecule has 180 valence electrons. The highest BCUT2D eigenvalue weighted by Crippen LogP contribution is 2.27. The number of fused-ring (bicyclic) bond motifs is 1. The predicted molar refractivity (Wildman–Crippen MR) is 136 cm³/mol. The summed E-state index contributed by atoms with van der Waals surface area (Å²) in [6.07, 6.45) is 1.99. The molecule has 2 aromatic heterocycles. The number of carbonyl (C=O) groups excluding carboxylic acids is 2. The first-order chi connectivity index (χ1) is 16.8. The van der Waals surface area contributed by atoms with Crippen molar-refractivity contribution in [1.29, 1.82) is 0 Å². The van der Waals surface area contributed by atoms with E-state index in [-0.39, 0.29) is 30.6 Å². The largest absolute Gasteiger partial charge is 0.491 e. The maximum atomic E-state index is 13.1. The Hall–Kier alpha value is -3.78. The van der Waals surface area contributed by atoms with Gasteiger partial charge in [-0.3, -0.25) is 14.2 Å². The Kier molecular flexibility index (Phi) is 7.41. The van der Waals surface area contributed by atoms with Gasteiger partial charge in [0.05, 0.1) is 31.0 Å². The van der Waals surface area contributed by atoms with Crippen molar-refractivity contribution in [2.24, 2.45) is 0 Å². The SMILES string of the molecule is Cc1c(C(=O)OCCc2ccccc2)sc2ncn(CC(=O)c3ccc(OC(C)C)cc3)c(=O)c12. The molecule has 0 amide bonds. The van der Waals surface area contributed by atoms with Crippen molar-refractivity contribution in [2.75, 3.05) is 6.61 Å². The summed E-state index contributed by atoms with van der Waals surface area (Å²) >= 11 is 1.12. The van der Waals surface area contributed by atoms with Crippen LogP contribution in [0, 0.1) is 6.92 Å². The van der Waals surface area contributed by atoms with Crippen LogP contribution in [-0.4, -0.2) is 34.0 Å². The Morgan fingerprint density at radius 2 is 1.77 bits per heavy atom. The molecule has 0 saturated carbocycles. The number of rotatable bonds is 9. The van der Waals surface area contributed by atoms with E-state index in [1.165, 1.54) is 10.9 Å². The third-order valence-electron chi connectivity index (χ3n) is 5.43. The van der Waals surface area contributed by atoms with Crippen LogP contribution in [-0.2, 0) is 17.7 Å². The lowest BCUT2D eigenvalue weighted by molar-refractivity contribution is 0.0514. The van der Waals surface area contributed by atoms with Crippen LogP contribution in [0.1, 0.15) is 45.0 Å². The molecule has 4 aromatic rings. The first-order valence-corrected chi connectivity index (χ1v) is 12.1. The minimum Gasteiger partial charge on any atom is -0.491 e. The third-order valence-corrected chi connectivity index (χ3v) is 6.61. The molecule has 8 heteroatoms. The summed E-state index contributed by atoms with van der Waals surface area (Å²) in [5, 5.41) is 0.334. The summed E-state index contributed by atoms with van der Waals surface area (Å²) in [7, 11) is 0. The summed E-state index contributed by atoms with van der Waals surface area (Å²) in [5.41, 5.74) is 1.70. The Morgan fingerprint density at radius 1 is 1.06 bits per heavy atom. The van der Waals surface area contributed by atoms with Gasteiger partial charge in [0.2, 0.25) is 0 Å². The van der Waals surface area contributed by atoms with Gasteiger partial charge in [-0.1, -0.05) is 30.3 Å². The zero-order valence-electron chi connectivity index (χ0n) is 19.8. The monoisotopic (exact) mass is 490 g/mol. The number of esters is 1. The van der Waals surface area contributed by atoms with Crippen LogP contribution in [0.3, 0.4) is 0 Å². The molecule has 0 atom stereocenters. The summed E-state index contributed by atoms with van der Waals surface area (Å²) in [4.78, 5) is 43.7. The molecule has 0 spiro atoms. The van der Waals surface area contributed by atoms with Crippen molar-refractivity contribution >= 4 is 33.3 Å². The van der Waals surface area contributed by atoms with Gasteiger partial charge in [-0.2, -0.15) is 0 Å². The van der Waals surface area contributed by atoms with Crippen molar-refractivity contribution in [1.82, 2.24) is 9.55 Å². The summed E-state index contributed by atoms with van der Waals surface area (Å²) in [6, 6.07) is 16.6. The number of aromatic nitrogens is 2. The second kappa shape index (κ2) is 10.7. The number of ketones is 1. The van der Waals surface area contributed by atoms with Gasteiger partial charge in [-0.05, 0) is 56.2 Å². The molecule has 0 aliphatic heterocycles. The molecule has 0 bridgehead atoms. The molecule has 0 unspecified atom stereocenters. The van der Waals surface area contributed by atoms with E-state index in [1.54, 1.807) is 31.2 Å². The Balaban J connectivity index is 1.48. The molecular weight excluding hydrogens is 464 g/mol. The lowest BCUT2D eigenvalue weighted by Gasteiger charge is -2.10. The topological polar surface area (TPSA) is 87.5 Å². The van der Waals surface area contributed by atoms with Gasteiger partial charge in [-0.15, -0.1) is 11.3 Å². The Labute approximate surface area is 207 Å². The van der Waals surface area contributed by atoms with Crippen LogP contribution in [0.15, 0.2) is 65.7 Å². The first-order valence-electron chi connectivity index (χ1n) is 11.3. The molecule has 0 N–H and O–H groups in total. The van der Waals surface area contributed by atoms with Crippen molar-refractivity contribution in [3.63, 3.8) is 0 Å². The number of thiophene rings is 1. The normalized spacial score (nSPS) is 11.1. The highest BCUT2D eigenvalue weighted by Gasteiger charge is 2.21. The van der Waals surface area contributed by atoms with Crippen molar-refractivity contribution in [3.8, 4) is 5.75 Å². The lowest BCUT2D eigenvalue weighted by Crippen LogP contribution is -2.24. The van der Waals surface area contributed by atoms with E-state index >= 15 is 0 Å². The number of ether oxygens (including phenoxy) is 2. The molecule has 0 radical (unpaired) electrons. The van der Waals surface area contributed by atoms with Crippen molar-refractivity contribution < 1.29 is 19.1 Å². The number of Topliss-reactive ketones (excluding diaryl/α,β-unsaturated/α-hetero) is 1. The van der Waals surface area contributed by atoms with Gasteiger partial charge in [0.1, 0.15) is 15.5 Å². The average Bonchev–Trinajstić information content (AvgIpc) is 3.18. The average molecular weight is 491 g/mol. The van der Waals surface area contributed by atoms with E-state index in [0.29, 0.717) is 38.4 Å². The number of aryl methyl sites for hydroxylation is 1. The number of benzene rings is 2.